The van der Waals surface area contributed by atoms with E-state index in [9.17, 15) is 18.4 Å². The molecule has 2 aromatic rings. The smallest absolute Gasteiger partial charge is 0.258 e. The maximum absolute atomic E-state index is 13.7. The Morgan fingerprint density at radius 3 is 2.70 bits per heavy atom. The molecule has 0 aliphatic heterocycles. The third-order valence-electron chi connectivity index (χ3n) is 2.63. The molecule has 1 amide bonds. The van der Waals surface area contributed by atoms with E-state index in [1.807, 2.05) is 0 Å². The zero-order valence-corrected chi connectivity index (χ0v) is 11.0. The number of H-pyrrole nitrogens is 1. The summed E-state index contributed by atoms with van der Waals surface area (Å²) >= 11 is 5.40. The molecule has 0 saturated carbocycles. The minimum Gasteiger partial charge on any atom is -0.327 e. The topological polar surface area (TPSA) is 62.0 Å². The molecular weight excluding hydrogens is 290 g/mol. The normalized spacial score (nSPS) is 10.4. The molecule has 7 heteroatoms. The van der Waals surface area contributed by atoms with E-state index in [2.05, 4.69) is 10.3 Å². The van der Waals surface area contributed by atoms with E-state index < -0.39 is 22.6 Å². The van der Waals surface area contributed by atoms with Gasteiger partial charge in [0.05, 0.1) is 11.3 Å². The summed E-state index contributed by atoms with van der Waals surface area (Å²) in [6, 6.07) is 3.32. The number of aryl methyl sites for hydroxylation is 1. The first kappa shape index (κ1) is 14.2. The van der Waals surface area contributed by atoms with Gasteiger partial charge in [0.2, 0.25) is 0 Å². The Balaban J connectivity index is 2.31. The fourth-order valence-electron chi connectivity index (χ4n) is 1.57. The largest absolute Gasteiger partial charge is 0.327 e. The molecular formula is C13H9ClF2N2O2. The molecule has 1 heterocycles. The molecule has 2 rings (SSSR count). The van der Waals surface area contributed by atoms with Gasteiger partial charge in [0, 0.05) is 11.8 Å². The third-order valence-corrected chi connectivity index (χ3v) is 2.97. The van der Waals surface area contributed by atoms with Crippen LogP contribution in [0.3, 0.4) is 0 Å². The van der Waals surface area contributed by atoms with Crippen LogP contribution in [0.5, 0.6) is 0 Å². The highest BCUT2D eigenvalue weighted by molar-refractivity contribution is 6.31. The van der Waals surface area contributed by atoms with Crippen molar-refractivity contribution in [2.45, 2.75) is 6.92 Å². The average Bonchev–Trinajstić information content (AvgIpc) is 2.40. The van der Waals surface area contributed by atoms with Crippen molar-refractivity contribution in [3.63, 3.8) is 0 Å². The van der Waals surface area contributed by atoms with Crippen molar-refractivity contribution in [3.8, 4) is 0 Å². The second-order valence-electron chi connectivity index (χ2n) is 4.08. The van der Waals surface area contributed by atoms with E-state index in [0.717, 1.165) is 12.1 Å². The van der Waals surface area contributed by atoms with Gasteiger partial charge in [-0.3, -0.25) is 9.59 Å². The lowest BCUT2D eigenvalue weighted by molar-refractivity contribution is 0.102. The molecule has 0 unspecified atom stereocenters. The molecule has 0 bridgehead atoms. The summed E-state index contributed by atoms with van der Waals surface area (Å²) in [6.07, 6.45) is 1.27. The number of pyridine rings is 1. The molecule has 104 valence electrons. The van der Waals surface area contributed by atoms with Gasteiger partial charge >= 0.3 is 0 Å². The quantitative estimate of drug-likeness (QED) is 0.838. The Morgan fingerprint density at radius 2 is 2.05 bits per heavy atom. The van der Waals surface area contributed by atoms with Crippen LogP contribution < -0.4 is 10.9 Å². The molecule has 4 nitrogen and oxygen atoms in total. The lowest BCUT2D eigenvalue weighted by Crippen LogP contribution is -2.16. The summed E-state index contributed by atoms with van der Waals surface area (Å²) in [6.45, 7) is 1.56. The summed E-state index contributed by atoms with van der Waals surface area (Å²) in [7, 11) is 0. The van der Waals surface area contributed by atoms with Gasteiger partial charge in [-0.1, -0.05) is 11.6 Å². The van der Waals surface area contributed by atoms with Crippen LogP contribution in [0.15, 0.2) is 29.2 Å². The Hall–Kier alpha value is -2.21. The van der Waals surface area contributed by atoms with Crippen molar-refractivity contribution in [1.82, 2.24) is 4.98 Å². The van der Waals surface area contributed by atoms with Crippen LogP contribution in [-0.4, -0.2) is 10.9 Å². The highest BCUT2D eigenvalue weighted by atomic mass is 35.5. The Kier molecular flexibility index (Phi) is 3.85. The average molecular weight is 299 g/mol. The third kappa shape index (κ3) is 2.70. The van der Waals surface area contributed by atoms with E-state index in [4.69, 9.17) is 11.6 Å². The lowest BCUT2D eigenvalue weighted by Gasteiger charge is -2.07. The molecule has 1 aromatic heterocycles. The summed E-state index contributed by atoms with van der Waals surface area (Å²) < 4.78 is 26.7. The van der Waals surface area contributed by atoms with E-state index in [1.165, 1.54) is 12.3 Å². The lowest BCUT2D eigenvalue weighted by atomic mass is 10.2. The zero-order valence-electron chi connectivity index (χ0n) is 10.3. The van der Waals surface area contributed by atoms with E-state index in [0.29, 0.717) is 5.56 Å². The second-order valence-corrected chi connectivity index (χ2v) is 4.46. The van der Waals surface area contributed by atoms with Gasteiger partial charge in [0.25, 0.3) is 11.5 Å². The molecule has 0 fully saturated rings. The first-order valence-electron chi connectivity index (χ1n) is 5.54. The van der Waals surface area contributed by atoms with E-state index >= 15 is 0 Å². The molecule has 0 radical (unpaired) electrons. The van der Waals surface area contributed by atoms with Crippen LogP contribution in [0.4, 0.5) is 14.5 Å². The standard InChI is InChI=1S/C13H9ClF2N2O2/c1-6-4-7(5-17-12(6)19)18-13(20)8-2-3-9(15)10(14)11(8)16/h2-5H,1H3,(H,17,19)(H,18,20). The highest BCUT2D eigenvalue weighted by Gasteiger charge is 2.17. The van der Waals surface area contributed by atoms with Crippen LogP contribution >= 0.6 is 11.6 Å². The van der Waals surface area contributed by atoms with Crippen LogP contribution in [0.1, 0.15) is 15.9 Å². The van der Waals surface area contributed by atoms with Crippen molar-refractivity contribution in [2.24, 2.45) is 0 Å². The molecule has 0 atom stereocenters. The molecule has 0 aliphatic rings. The number of halogens is 3. The van der Waals surface area contributed by atoms with Crippen LogP contribution in [-0.2, 0) is 0 Å². The Morgan fingerprint density at radius 1 is 1.35 bits per heavy atom. The van der Waals surface area contributed by atoms with Gasteiger partial charge < -0.3 is 10.3 Å². The second kappa shape index (κ2) is 5.42. The fourth-order valence-corrected chi connectivity index (χ4v) is 1.73. The number of anilines is 1. The van der Waals surface area contributed by atoms with Crippen molar-refractivity contribution in [2.75, 3.05) is 5.32 Å². The van der Waals surface area contributed by atoms with Gasteiger partial charge in [0.1, 0.15) is 10.8 Å². The van der Waals surface area contributed by atoms with Gasteiger partial charge in [-0.15, -0.1) is 0 Å². The van der Waals surface area contributed by atoms with Crippen molar-refractivity contribution < 1.29 is 13.6 Å². The number of amides is 1. The van der Waals surface area contributed by atoms with E-state index in [-0.39, 0.29) is 16.8 Å². The first-order valence-corrected chi connectivity index (χ1v) is 5.92. The molecule has 2 N–H and O–H groups in total. The monoisotopic (exact) mass is 298 g/mol. The zero-order chi connectivity index (χ0) is 14.9. The predicted molar refractivity (Wildman–Crippen MR) is 71.1 cm³/mol. The van der Waals surface area contributed by atoms with Gasteiger partial charge in [-0.2, -0.15) is 0 Å². The molecule has 20 heavy (non-hydrogen) atoms. The number of aromatic nitrogens is 1. The van der Waals surface area contributed by atoms with Crippen molar-refractivity contribution in [1.29, 1.82) is 0 Å². The molecule has 0 aliphatic carbocycles. The van der Waals surface area contributed by atoms with Gasteiger partial charge in [-0.05, 0) is 25.1 Å². The van der Waals surface area contributed by atoms with Crippen LogP contribution in [0.2, 0.25) is 5.02 Å². The summed E-state index contributed by atoms with van der Waals surface area (Å²) in [4.78, 5) is 25.5. The molecule has 0 spiro atoms. The molecule has 1 aromatic carbocycles. The molecule has 0 saturated heterocycles. The van der Waals surface area contributed by atoms with Crippen LogP contribution in [0, 0.1) is 18.6 Å². The first-order chi connectivity index (χ1) is 9.40. The fraction of sp³-hybridized carbons (Fsp3) is 0.0769. The van der Waals surface area contributed by atoms with E-state index in [1.54, 1.807) is 6.92 Å². The number of aromatic amines is 1. The maximum atomic E-state index is 13.7. The van der Waals surface area contributed by atoms with Crippen molar-refractivity contribution in [3.05, 3.63) is 62.5 Å². The summed E-state index contributed by atoms with van der Waals surface area (Å²) in [5.41, 5.74) is -0.00776. The predicted octanol–water partition coefficient (Wildman–Crippen LogP) is 2.87. The van der Waals surface area contributed by atoms with Gasteiger partial charge in [0.15, 0.2) is 5.82 Å². The number of rotatable bonds is 2. The number of carbonyl (C=O) groups is 1. The van der Waals surface area contributed by atoms with Crippen LogP contribution in [0.25, 0.3) is 0 Å². The number of hydrogen-bond acceptors (Lipinski definition) is 2. The number of carbonyl (C=O) groups excluding carboxylic acids is 1. The number of nitrogens with one attached hydrogen (secondary N) is 2. The summed E-state index contributed by atoms with van der Waals surface area (Å²) in [5.74, 6) is -2.87. The highest BCUT2D eigenvalue weighted by Crippen LogP contribution is 2.22. The minimum atomic E-state index is -1.13. The minimum absolute atomic E-state index is 0.284. The van der Waals surface area contributed by atoms with Crippen molar-refractivity contribution >= 4 is 23.2 Å². The van der Waals surface area contributed by atoms with Gasteiger partial charge in [-0.25, -0.2) is 8.78 Å². The number of hydrogen-bond donors (Lipinski definition) is 2. The Bertz CT molecular complexity index is 744. The number of benzene rings is 1. The summed E-state index contributed by atoms with van der Waals surface area (Å²) in [5, 5.41) is 1.64. The maximum Gasteiger partial charge on any atom is 0.258 e. The SMILES string of the molecule is Cc1cc(NC(=O)c2ccc(F)c(Cl)c2F)c[nH]c1=O. The Labute approximate surface area is 117 Å².